The van der Waals surface area contributed by atoms with E-state index in [9.17, 15) is 0 Å². The van der Waals surface area contributed by atoms with Crippen molar-refractivity contribution >= 4 is 18.2 Å². The van der Waals surface area contributed by atoms with E-state index in [1.54, 1.807) is 0 Å². The SMILES string of the molecule is CC1C=Cc2[nH]c3c(c2C=C1)C=CCC3. The number of hydrogen-bond donors (Lipinski definition) is 1. The quantitative estimate of drug-likeness (QED) is 0.653. The largest absolute Gasteiger partial charge is 0.358 e. The number of aromatic nitrogens is 1. The fourth-order valence-electron chi connectivity index (χ4n) is 2.29. The summed E-state index contributed by atoms with van der Waals surface area (Å²) in [7, 11) is 0. The topological polar surface area (TPSA) is 15.8 Å². The van der Waals surface area contributed by atoms with Crippen molar-refractivity contribution in [1.82, 2.24) is 4.98 Å². The number of rotatable bonds is 0. The van der Waals surface area contributed by atoms with Crippen LogP contribution in [0.15, 0.2) is 18.2 Å². The molecule has 1 heterocycles. The molecule has 0 aromatic carbocycles. The average molecular weight is 197 g/mol. The molecular formula is C14H15N. The molecule has 0 spiro atoms. The molecule has 0 bridgehead atoms. The van der Waals surface area contributed by atoms with Crippen molar-refractivity contribution in [3.8, 4) is 0 Å². The van der Waals surface area contributed by atoms with Gasteiger partial charge in [-0.3, -0.25) is 0 Å². The normalized spacial score (nSPS) is 22.3. The molecule has 1 atom stereocenters. The summed E-state index contributed by atoms with van der Waals surface area (Å²) in [5.41, 5.74) is 5.42. The van der Waals surface area contributed by atoms with Gasteiger partial charge in [-0.05, 0) is 24.8 Å². The van der Waals surface area contributed by atoms with Gasteiger partial charge < -0.3 is 4.98 Å². The smallest absolute Gasteiger partial charge is 0.0459 e. The van der Waals surface area contributed by atoms with Crippen LogP contribution >= 0.6 is 0 Å². The third-order valence-corrected chi connectivity index (χ3v) is 3.17. The van der Waals surface area contributed by atoms with E-state index in [4.69, 9.17) is 0 Å². The number of nitrogens with one attached hydrogen (secondary N) is 1. The molecular weight excluding hydrogens is 182 g/mol. The molecule has 1 aromatic rings. The first-order valence-electron chi connectivity index (χ1n) is 5.62. The minimum absolute atomic E-state index is 0.536. The number of fused-ring (bicyclic) bond motifs is 3. The zero-order chi connectivity index (χ0) is 10.3. The third-order valence-electron chi connectivity index (χ3n) is 3.17. The molecule has 3 rings (SSSR count). The second kappa shape index (κ2) is 3.27. The van der Waals surface area contributed by atoms with Crippen LogP contribution in [0.5, 0.6) is 0 Å². The molecule has 76 valence electrons. The van der Waals surface area contributed by atoms with Gasteiger partial charge in [0.1, 0.15) is 0 Å². The fraction of sp³-hybridized carbons (Fsp3) is 0.286. The van der Waals surface area contributed by atoms with Crippen molar-refractivity contribution < 1.29 is 0 Å². The lowest BCUT2D eigenvalue weighted by atomic mass is 10.0. The Morgan fingerprint density at radius 2 is 2.00 bits per heavy atom. The molecule has 2 aliphatic rings. The van der Waals surface area contributed by atoms with Gasteiger partial charge in [0, 0.05) is 22.5 Å². The highest BCUT2D eigenvalue weighted by Gasteiger charge is 2.15. The second-order valence-corrected chi connectivity index (χ2v) is 4.36. The van der Waals surface area contributed by atoms with Crippen molar-refractivity contribution in [3.05, 3.63) is 40.7 Å². The number of hydrogen-bond acceptors (Lipinski definition) is 0. The first-order valence-corrected chi connectivity index (χ1v) is 5.62. The third kappa shape index (κ3) is 1.39. The van der Waals surface area contributed by atoms with Gasteiger partial charge in [0.15, 0.2) is 0 Å². The van der Waals surface area contributed by atoms with E-state index in [1.165, 1.54) is 22.5 Å². The van der Waals surface area contributed by atoms with Crippen LogP contribution in [0.4, 0.5) is 0 Å². The maximum atomic E-state index is 3.53. The molecule has 1 heteroatoms. The summed E-state index contributed by atoms with van der Waals surface area (Å²) in [6.07, 6.45) is 15.8. The Balaban J connectivity index is 2.18. The van der Waals surface area contributed by atoms with Gasteiger partial charge in [-0.15, -0.1) is 0 Å². The van der Waals surface area contributed by atoms with Crippen LogP contribution < -0.4 is 0 Å². The predicted octanol–water partition coefficient (Wildman–Crippen LogP) is 3.65. The molecule has 1 aromatic heterocycles. The molecule has 15 heavy (non-hydrogen) atoms. The van der Waals surface area contributed by atoms with E-state index in [2.05, 4.69) is 48.4 Å². The van der Waals surface area contributed by atoms with E-state index in [0.29, 0.717) is 5.92 Å². The zero-order valence-corrected chi connectivity index (χ0v) is 8.96. The second-order valence-electron chi connectivity index (χ2n) is 4.36. The minimum Gasteiger partial charge on any atom is -0.358 e. The molecule has 1 nitrogen and oxygen atoms in total. The van der Waals surface area contributed by atoms with Gasteiger partial charge in [-0.25, -0.2) is 0 Å². The van der Waals surface area contributed by atoms with Crippen LogP contribution in [0.1, 0.15) is 35.9 Å². The van der Waals surface area contributed by atoms with Gasteiger partial charge >= 0.3 is 0 Å². The Labute approximate surface area is 90.2 Å². The number of allylic oxidation sites excluding steroid dienone is 3. The van der Waals surface area contributed by atoms with Gasteiger partial charge in [0.05, 0.1) is 0 Å². The number of aryl methyl sites for hydroxylation is 1. The van der Waals surface area contributed by atoms with Crippen molar-refractivity contribution in [2.45, 2.75) is 19.8 Å². The Kier molecular flexibility index (Phi) is 1.91. The molecule has 0 saturated carbocycles. The van der Waals surface area contributed by atoms with Crippen LogP contribution in [-0.4, -0.2) is 4.98 Å². The zero-order valence-electron chi connectivity index (χ0n) is 8.96. The van der Waals surface area contributed by atoms with Crippen LogP contribution in [0, 0.1) is 5.92 Å². The lowest BCUT2D eigenvalue weighted by Gasteiger charge is -2.04. The summed E-state index contributed by atoms with van der Waals surface area (Å²) in [6, 6.07) is 0. The summed E-state index contributed by atoms with van der Waals surface area (Å²) >= 11 is 0. The first kappa shape index (κ1) is 8.78. The Bertz CT molecular complexity index is 472. The Hall–Kier alpha value is -1.50. The van der Waals surface area contributed by atoms with Gasteiger partial charge in [0.25, 0.3) is 0 Å². The van der Waals surface area contributed by atoms with Gasteiger partial charge in [-0.1, -0.05) is 37.3 Å². The van der Waals surface area contributed by atoms with Crippen LogP contribution in [-0.2, 0) is 6.42 Å². The summed E-state index contributed by atoms with van der Waals surface area (Å²) in [5.74, 6) is 0.536. The number of H-pyrrole nitrogens is 1. The van der Waals surface area contributed by atoms with E-state index in [-0.39, 0.29) is 0 Å². The maximum absolute atomic E-state index is 3.53. The monoisotopic (exact) mass is 197 g/mol. The van der Waals surface area contributed by atoms with Gasteiger partial charge in [0.2, 0.25) is 0 Å². The Morgan fingerprint density at radius 3 is 2.93 bits per heavy atom. The van der Waals surface area contributed by atoms with Gasteiger partial charge in [-0.2, -0.15) is 0 Å². The summed E-state index contributed by atoms with van der Waals surface area (Å²) in [6.45, 7) is 2.21. The molecule has 0 radical (unpaired) electrons. The standard InChI is InChI=1S/C14H15N/c1-10-6-8-12-11-4-2-3-5-13(11)15-14(12)9-7-10/h2,4,6-10,15H,3,5H2,1H3. The lowest BCUT2D eigenvalue weighted by molar-refractivity contribution is 0.939. The van der Waals surface area contributed by atoms with E-state index >= 15 is 0 Å². The van der Waals surface area contributed by atoms with Crippen LogP contribution in [0.25, 0.3) is 18.2 Å². The van der Waals surface area contributed by atoms with Crippen molar-refractivity contribution in [3.63, 3.8) is 0 Å². The highest BCUT2D eigenvalue weighted by atomic mass is 14.7. The first-order chi connectivity index (χ1) is 7.34. The van der Waals surface area contributed by atoms with E-state index < -0.39 is 0 Å². The minimum atomic E-state index is 0.536. The predicted molar refractivity (Wildman–Crippen MR) is 65.4 cm³/mol. The van der Waals surface area contributed by atoms with Crippen molar-refractivity contribution in [2.75, 3.05) is 0 Å². The summed E-state index contributed by atoms with van der Waals surface area (Å²) in [5, 5.41) is 0. The molecule has 0 amide bonds. The van der Waals surface area contributed by atoms with Crippen molar-refractivity contribution in [1.29, 1.82) is 0 Å². The van der Waals surface area contributed by atoms with Crippen molar-refractivity contribution in [2.24, 2.45) is 5.92 Å². The molecule has 1 N–H and O–H groups in total. The molecule has 0 saturated heterocycles. The average Bonchev–Trinajstić information content (AvgIpc) is 2.51. The molecule has 2 aliphatic carbocycles. The molecule has 1 unspecified atom stereocenters. The fourth-order valence-corrected chi connectivity index (χ4v) is 2.29. The highest BCUT2D eigenvalue weighted by molar-refractivity contribution is 5.76. The number of aromatic amines is 1. The summed E-state index contributed by atoms with van der Waals surface area (Å²) in [4.78, 5) is 3.53. The van der Waals surface area contributed by atoms with Crippen LogP contribution in [0.3, 0.4) is 0 Å². The summed E-state index contributed by atoms with van der Waals surface area (Å²) < 4.78 is 0. The maximum Gasteiger partial charge on any atom is 0.0459 e. The van der Waals surface area contributed by atoms with E-state index in [0.717, 1.165) is 12.8 Å². The Morgan fingerprint density at radius 1 is 1.13 bits per heavy atom. The van der Waals surface area contributed by atoms with Crippen LogP contribution in [0.2, 0.25) is 0 Å². The molecule has 0 fully saturated rings. The molecule has 0 aliphatic heterocycles. The highest BCUT2D eigenvalue weighted by Crippen LogP contribution is 2.29. The van der Waals surface area contributed by atoms with E-state index in [1.807, 2.05) is 0 Å². The lowest BCUT2D eigenvalue weighted by Crippen LogP contribution is -1.92.